The molecular formula is C25H17N. The fourth-order valence-electron chi connectivity index (χ4n) is 3.74. The Labute approximate surface area is 153 Å². The molecule has 0 unspecified atom stereocenters. The van der Waals surface area contributed by atoms with Gasteiger partial charge in [0.15, 0.2) is 0 Å². The average Bonchev–Trinajstić information content (AvgIpc) is 3.01. The molecule has 1 aromatic heterocycles. The summed E-state index contributed by atoms with van der Waals surface area (Å²) in [4.78, 5) is 5.04. The molecule has 1 aliphatic rings. The summed E-state index contributed by atoms with van der Waals surface area (Å²) in [6, 6.07) is 31.5. The van der Waals surface area contributed by atoms with E-state index in [9.17, 15) is 0 Å². The highest BCUT2D eigenvalue weighted by Gasteiger charge is 2.27. The van der Waals surface area contributed by atoms with Crippen molar-refractivity contribution in [3.05, 3.63) is 109 Å². The van der Waals surface area contributed by atoms with Gasteiger partial charge in [0.05, 0.1) is 11.4 Å². The van der Waals surface area contributed by atoms with Crippen LogP contribution < -0.4 is 0 Å². The topological polar surface area (TPSA) is 12.9 Å². The molecule has 1 heteroatoms. The predicted octanol–water partition coefficient (Wildman–Crippen LogP) is 6.46. The molecule has 0 atom stereocenters. The molecule has 122 valence electrons. The van der Waals surface area contributed by atoms with Crippen LogP contribution in [0.2, 0.25) is 0 Å². The van der Waals surface area contributed by atoms with Gasteiger partial charge >= 0.3 is 0 Å². The van der Waals surface area contributed by atoms with Crippen LogP contribution in [0.5, 0.6) is 0 Å². The largest absolute Gasteiger partial charge is 0.247 e. The Kier molecular flexibility index (Phi) is 3.32. The van der Waals surface area contributed by atoms with Crippen LogP contribution in [0.1, 0.15) is 11.1 Å². The van der Waals surface area contributed by atoms with E-state index in [2.05, 4.69) is 85.4 Å². The number of hydrogen-bond acceptors (Lipinski definition) is 1. The van der Waals surface area contributed by atoms with Crippen LogP contribution >= 0.6 is 0 Å². The number of fused-ring (bicyclic) bond motifs is 3. The predicted molar refractivity (Wildman–Crippen MR) is 109 cm³/mol. The molecule has 1 nitrogen and oxygen atoms in total. The molecule has 0 radical (unpaired) electrons. The molecular weight excluding hydrogens is 314 g/mol. The van der Waals surface area contributed by atoms with Gasteiger partial charge in [-0.2, -0.15) is 0 Å². The molecule has 0 amide bonds. The van der Waals surface area contributed by atoms with Gasteiger partial charge in [0.25, 0.3) is 0 Å². The highest BCUT2D eigenvalue weighted by atomic mass is 14.7. The molecule has 0 saturated carbocycles. The van der Waals surface area contributed by atoms with Gasteiger partial charge < -0.3 is 0 Å². The van der Waals surface area contributed by atoms with Gasteiger partial charge in [-0.25, -0.2) is 4.98 Å². The second kappa shape index (κ2) is 5.82. The van der Waals surface area contributed by atoms with E-state index in [-0.39, 0.29) is 0 Å². The fraction of sp³-hybridized carbons (Fsp3) is 0. The second-order valence-electron chi connectivity index (χ2n) is 6.53. The zero-order valence-corrected chi connectivity index (χ0v) is 14.3. The minimum absolute atomic E-state index is 0.993. The molecule has 1 heterocycles. The lowest BCUT2D eigenvalue weighted by atomic mass is 9.94. The van der Waals surface area contributed by atoms with Crippen molar-refractivity contribution in [1.82, 2.24) is 4.98 Å². The van der Waals surface area contributed by atoms with Gasteiger partial charge in [-0.1, -0.05) is 91.5 Å². The molecule has 0 bridgehead atoms. The zero-order valence-electron chi connectivity index (χ0n) is 14.3. The summed E-state index contributed by atoms with van der Waals surface area (Å²) in [5.41, 5.74) is 10.1. The molecule has 0 aliphatic heterocycles. The molecule has 0 N–H and O–H groups in total. The monoisotopic (exact) mass is 331 g/mol. The SMILES string of the molecule is C=C1c2ccccc2-c2nc(-c3ccccc3)cc(-c3ccccc3)c21. The van der Waals surface area contributed by atoms with E-state index in [0.29, 0.717) is 0 Å². The lowest BCUT2D eigenvalue weighted by Crippen LogP contribution is -1.94. The zero-order chi connectivity index (χ0) is 17.5. The summed E-state index contributed by atoms with van der Waals surface area (Å²) in [6.45, 7) is 4.39. The highest BCUT2D eigenvalue weighted by molar-refractivity contribution is 6.04. The van der Waals surface area contributed by atoms with Crippen molar-refractivity contribution < 1.29 is 0 Å². The van der Waals surface area contributed by atoms with Crippen LogP contribution in [0, 0.1) is 0 Å². The van der Waals surface area contributed by atoms with Gasteiger partial charge in [0.1, 0.15) is 0 Å². The van der Waals surface area contributed by atoms with E-state index >= 15 is 0 Å². The quantitative estimate of drug-likeness (QED) is 0.362. The van der Waals surface area contributed by atoms with E-state index in [1.165, 1.54) is 22.3 Å². The number of aromatic nitrogens is 1. The maximum Gasteiger partial charge on any atom is 0.0800 e. The van der Waals surface area contributed by atoms with Crippen LogP contribution in [-0.4, -0.2) is 4.98 Å². The number of rotatable bonds is 2. The maximum atomic E-state index is 5.04. The lowest BCUT2D eigenvalue weighted by molar-refractivity contribution is 1.32. The minimum Gasteiger partial charge on any atom is -0.247 e. The third-order valence-corrected chi connectivity index (χ3v) is 4.98. The normalized spacial score (nSPS) is 11.9. The Hall–Kier alpha value is -3.45. The number of nitrogens with zero attached hydrogens (tertiary/aromatic N) is 1. The van der Waals surface area contributed by atoms with Crippen molar-refractivity contribution in [1.29, 1.82) is 0 Å². The average molecular weight is 331 g/mol. The summed E-state index contributed by atoms with van der Waals surface area (Å²) < 4.78 is 0. The van der Waals surface area contributed by atoms with E-state index in [1.54, 1.807) is 0 Å². The van der Waals surface area contributed by atoms with Crippen LogP contribution in [0.25, 0.3) is 39.2 Å². The first-order valence-corrected chi connectivity index (χ1v) is 8.78. The highest BCUT2D eigenvalue weighted by Crippen LogP contribution is 2.47. The van der Waals surface area contributed by atoms with Crippen molar-refractivity contribution in [2.45, 2.75) is 0 Å². The molecule has 3 aromatic carbocycles. The minimum atomic E-state index is 0.993. The summed E-state index contributed by atoms with van der Waals surface area (Å²) >= 11 is 0. The Morgan fingerprint density at radius 3 is 1.85 bits per heavy atom. The van der Waals surface area contributed by atoms with Crippen molar-refractivity contribution >= 4 is 5.57 Å². The lowest BCUT2D eigenvalue weighted by Gasteiger charge is -2.13. The second-order valence-corrected chi connectivity index (χ2v) is 6.53. The third-order valence-electron chi connectivity index (χ3n) is 4.98. The van der Waals surface area contributed by atoms with E-state index < -0.39 is 0 Å². The molecule has 1 aliphatic carbocycles. The standard InChI is InChI=1S/C25H17N/c1-17-20-14-8-9-15-21(20)25-24(17)22(18-10-4-2-5-11-18)16-23(26-25)19-12-6-3-7-13-19/h2-16H,1H2. The van der Waals surface area contributed by atoms with Gasteiger partial charge in [0, 0.05) is 16.7 Å². The first kappa shape index (κ1) is 14.9. The van der Waals surface area contributed by atoms with Gasteiger partial charge in [0.2, 0.25) is 0 Å². The van der Waals surface area contributed by atoms with Crippen LogP contribution in [0.4, 0.5) is 0 Å². The summed E-state index contributed by atoms with van der Waals surface area (Å²) in [5.74, 6) is 0. The van der Waals surface area contributed by atoms with Gasteiger partial charge in [-0.15, -0.1) is 0 Å². The molecule has 0 fully saturated rings. The molecule has 4 aromatic rings. The summed E-state index contributed by atoms with van der Waals surface area (Å²) in [5, 5.41) is 0. The van der Waals surface area contributed by atoms with Crippen LogP contribution in [-0.2, 0) is 0 Å². The Bertz CT molecular complexity index is 1130. The summed E-state index contributed by atoms with van der Waals surface area (Å²) in [7, 11) is 0. The fourth-order valence-corrected chi connectivity index (χ4v) is 3.74. The smallest absolute Gasteiger partial charge is 0.0800 e. The van der Waals surface area contributed by atoms with Crippen molar-refractivity contribution in [2.24, 2.45) is 0 Å². The van der Waals surface area contributed by atoms with Crippen LogP contribution in [0.3, 0.4) is 0 Å². The molecule has 5 rings (SSSR count). The Balaban J connectivity index is 1.85. The van der Waals surface area contributed by atoms with Crippen molar-refractivity contribution in [3.63, 3.8) is 0 Å². The van der Waals surface area contributed by atoms with E-state index in [0.717, 1.165) is 28.1 Å². The Morgan fingerprint density at radius 2 is 1.15 bits per heavy atom. The van der Waals surface area contributed by atoms with Crippen molar-refractivity contribution in [3.8, 4) is 33.6 Å². The number of hydrogen-bond donors (Lipinski definition) is 0. The molecule has 0 spiro atoms. The van der Waals surface area contributed by atoms with E-state index in [4.69, 9.17) is 4.98 Å². The summed E-state index contributed by atoms with van der Waals surface area (Å²) in [6.07, 6.45) is 0. The molecule has 0 saturated heterocycles. The van der Waals surface area contributed by atoms with Crippen LogP contribution in [0.15, 0.2) is 97.6 Å². The van der Waals surface area contributed by atoms with Crippen molar-refractivity contribution in [2.75, 3.05) is 0 Å². The van der Waals surface area contributed by atoms with Gasteiger partial charge in [-0.05, 0) is 28.3 Å². The molecule has 26 heavy (non-hydrogen) atoms. The third kappa shape index (κ3) is 2.21. The number of benzene rings is 3. The van der Waals surface area contributed by atoms with Gasteiger partial charge in [-0.3, -0.25) is 0 Å². The van der Waals surface area contributed by atoms with E-state index in [1.807, 2.05) is 12.1 Å². The maximum absolute atomic E-state index is 5.04. The first-order chi connectivity index (χ1) is 12.8. The first-order valence-electron chi connectivity index (χ1n) is 8.78. The Morgan fingerprint density at radius 1 is 0.577 bits per heavy atom. The number of pyridine rings is 1.